The fraction of sp³-hybridized carbons (Fsp3) is 0.538. The van der Waals surface area contributed by atoms with E-state index in [0.717, 1.165) is 12.2 Å². The first-order valence-electron chi connectivity index (χ1n) is 5.62. The first kappa shape index (κ1) is 11.3. The van der Waals surface area contributed by atoms with Gasteiger partial charge in [-0.2, -0.15) is 0 Å². The molecule has 1 heterocycles. The monoisotopic (exact) mass is 222 g/mol. The summed E-state index contributed by atoms with van der Waals surface area (Å²) in [5, 5.41) is 9.53. The molecule has 0 spiro atoms. The standard InChI is InChI=1S/C13H18O3/c1-8-7-16-13(9(8)2)10-4-5-11(14)12(6-10)15-3/h4-6,8-9,13-14H,7H2,1-3H3/t8-,9+,13-/m1/s1. The summed E-state index contributed by atoms with van der Waals surface area (Å²) in [4.78, 5) is 0. The third-order valence-corrected chi connectivity index (χ3v) is 3.45. The second kappa shape index (κ2) is 4.34. The first-order valence-corrected chi connectivity index (χ1v) is 5.62. The predicted octanol–water partition coefficient (Wildman–Crippen LogP) is 2.74. The van der Waals surface area contributed by atoms with Crippen LogP contribution in [-0.4, -0.2) is 18.8 Å². The minimum Gasteiger partial charge on any atom is -0.504 e. The molecule has 2 rings (SSSR count). The van der Waals surface area contributed by atoms with E-state index in [1.165, 1.54) is 0 Å². The Morgan fingerprint density at radius 2 is 2.12 bits per heavy atom. The van der Waals surface area contributed by atoms with Gasteiger partial charge in [0.1, 0.15) is 0 Å². The Morgan fingerprint density at radius 1 is 1.38 bits per heavy atom. The Morgan fingerprint density at radius 3 is 2.69 bits per heavy atom. The molecule has 0 aromatic heterocycles. The van der Waals surface area contributed by atoms with Gasteiger partial charge in [0.05, 0.1) is 19.8 Å². The quantitative estimate of drug-likeness (QED) is 0.836. The lowest BCUT2D eigenvalue weighted by Gasteiger charge is -2.17. The van der Waals surface area contributed by atoms with E-state index in [1.807, 2.05) is 12.1 Å². The Kier molecular flexibility index (Phi) is 3.06. The average molecular weight is 222 g/mol. The number of rotatable bonds is 2. The average Bonchev–Trinajstić information content (AvgIpc) is 2.61. The molecule has 88 valence electrons. The van der Waals surface area contributed by atoms with Crippen LogP contribution in [0.3, 0.4) is 0 Å². The zero-order valence-corrected chi connectivity index (χ0v) is 9.93. The lowest BCUT2D eigenvalue weighted by molar-refractivity contribution is 0.0934. The molecule has 0 bridgehead atoms. The zero-order valence-electron chi connectivity index (χ0n) is 9.93. The third-order valence-electron chi connectivity index (χ3n) is 3.45. The highest BCUT2D eigenvalue weighted by atomic mass is 16.5. The van der Waals surface area contributed by atoms with Crippen molar-refractivity contribution in [2.75, 3.05) is 13.7 Å². The topological polar surface area (TPSA) is 38.7 Å². The normalized spacial score (nSPS) is 29.3. The molecule has 0 unspecified atom stereocenters. The Balaban J connectivity index is 2.27. The van der Waals surface area contributed by atoms with Crippen LogP contribution in [0.4, 0.5) is 0 Å². The molecule has 16 heavy (non-hydrogen) atoms. The molecule has 3 nitrogen and oxygen atoms in total. The summed E-state index contributed by atoms with van der Waals surface area (Å²) >= 11 is 0. The van der Waals surface area contributed by atoms with Crippen LogP contribution in [0.2, 0.25) is 0 Å². The highest BCUT2D eigenvalue weighted by Crippen LogP contribution is 2.40. The van der Waals surface area contributed by atoms with Gasteiger partial charge in [-0.05, 0) is 29.5 Å². The molecule has 1 aliphatic rings. The molecule has 1 aliphatic heterocycles. The largest absolute Gasteiger partial charge is 0.504 e. The Hall–Kier alpha value is -1.22. The lowest BCUT2D eigenvalue weighted by Crippen LogP contribution is -2.08. The maximum Gasteiger partial charge on any atom is 0.160 e. The van der Waals surface area contributed by atoms with Crippen LogP contribution in [-0.2, 0) is 4.74 Å². The van der Waals surface area contributed by atoms with Crippen molar-refractivity contribution < 1.29 is 14.6 Å². The molecule has 1 N–H and O–H groups in total. The van der Waals surface area contributed by atoms with Crippen molar-refractivity contribution in [3.63, 3.8) is 0 Å². The second-order valence-electron chi connectivity index (χ2n) is 4.52. The third kappa shape index (κ3) is 1.87. The van der Waals surface area contributed by atoms with Gasteiger partial charge in [0, 0.05) is 0 Å². The summed E-state index contributed by atoms with van der Waals surface area (Å²) in [5.41, 5.74) is 1.08. The van der Waals surface area contributed by atoms with Gasteiger partial charge in [-0.3, -0.25) is 0 Å². The van der Waals surface area contributed by atoms with Gasteiger partial charge in [0.15, 0.2) is 11.5 Å². The number of hydrogen-bond acceptors (Lipinski definition) is 3. The van der Waals surface area contributed by atoms with Gasteiger partial charge >= 0.3 is 0 Å². The summed E-state index contributed by atoms with van der Waals surface area (Å²) in [6.07, 6.45) is 0.115. The highest BCUT2D eigenvalue weighted by Gasteiger charge is 2.32. The number of phenolic OH excluding ortho intramolecular Hbond substituents is 1. The molecule has 1 aromatic carbocycles. The highest BCUT2D eigenvalue weighted by molar-refractivity contribution is 5.42. The maximum atomic E-state index is 9.53. The van der Waals surface area contributed by atoms with Crippen LogP contribution < -0.4 is 4.74 Å². The molecule has 0 saturated carbocycles. The minimum atomic E-state index is 0.115. The number of methoxy groups -OCH3 is 1. The SMILES string of the molecule is COc1cc([C@@H]2OC[C@@H](C)[C@@H]2C)ccc1O. The van der Waals surface area contributed by atoms with E-state index in [0.29, 0.717) is 17.6 Å². The van der Waals surface area contributed by atoms with Gasteiger partial charge in [0.2, 0.25) is 0 Å². The molecule has 0 amide bonds. The number of hydrogen-bond donors (Lipinski definition) is 1. The van der Waals surface area contributed by atoms with E-state index in [9.17, 15) is 5.11 Å². The van der Waals surface area contributed by atoms with Gasteiger partial charge in [-0.15, -0.1) is 0 Å². The molecule has 1 aromatic rings. The molecular weight excluding hydrogens is 204 g/mol. The van der Waals surface area contributed by atoms with Crippen LogP contribution in [0.5, 0.6) is 11.5 Å². The summed E-state index contributed by atoms with van der Waals surface area (Å²) < 4.78 is 10.9. The summed E-state index contributed by atoms with van der Waals surface area (Å²) in [7, 11) is 1.56. The van der Waals surface area contributed by atoms with Crippen LogP contribution in [0.15, 0.2) is 18.2 Å². The summed E-state index contributed by atoms with van der Waals surface area (Å²) in [6, 6.07) is 5.42. The predicted molar refractivity (Wildman–Crippen MR) is 61.7 cm³/mol. The molecular formula is C13H18O3. The van der Waals surface area contributed by atoms with E-state index < -0.39 is 0 Å². The zero-order chi connectivity index (χ0) is 11.7. The van der Waals surface area contributed by atoms with Crippen molar-refractivity contribution in [2.24, 2.45) is 11.8 Å². The Bertz CT molecular complexity index is 375. The fourth-order valence-corrected chi connectivity index (χ4v) is 2.13. The Labute approximate surface area is 96.0 Å². The number of phenols is 1. The van der Waals surface area contributed by atoms with Crippen molar-refractivity contribution >= 4 is 0 Å². The van der Waals surface area contributed by atoms with E-state index in [2.05, 4.69) is 13.8 Å². The molecule has 0 radical (unpaired) electrons. The number of aromatic hydroxyl groups is 1. The van der Waals surface area contributed by atoms with Gasteiger partial charge in [0.25, 0.3) is 0 Å². The van der Waals surface area contributed by atoms with E-state index >= 15 is 0 Å². The van der Waals surface area contributed by atoms with Crippen LogP contribution >= 0.6 is 0 Å². The molecule has 0 aliphatic carbocycles. The van der Waals surface area contributed by atoms with Crippen molar-refractivity contribution in [1.82, 2.24) is 0 Å². The van der Waals surface area contributed by atoms with Gasteiger partial charge in [-0.1, -0.05) is 19.9 Å². The molecule has 1 fully saturated rings. The van der Waals surface area contributed by atoms with E-state index in [-0.39, 0.29) is 11.9 Å². The van der Waals surface area contributed by atoms with E-state index in [4.69, 9.17) is 9.47 Å². The molecule has 1 saturated heterocycles. The molecule has 3 atom stereocenters. The smallest absolute Gasteiger partial charge is 0.160 e. The summed E-state index contributed by atoms with van der Waals surface area (Å²) in [6.45, 7) is 5.19. The number of benzene rings is 1. The van der Waals surface area contributed by atoms with Gasteiger partial charge in [-0.25, -0.2) is 0 Å². The minimum absolute atomic E-state index is 0.115. The maximum absolute atomic E-state index is 9.53. The van der Waals surface area contributed by atoms with Crippen LogP contribution in [0.1, 0.15) is 25.5 Å². The summed E-state index contributed by atoms with van der Waals surface area (Å²) in [5.74, 6) is 1.75. The van der Waals surface area contributed by atoms with Gasteiger partial charge < -0.3 is 14.6 Å². The van der Waals surface area contributed by atoms with Crippen LogP contribution in [0.25, 0.3) is 0 Å². The lowest BCUT2D eigenvalue weighted by atomic mass is 9.90. The van der Waals surface area contributed by atoms with Crippen LogP contribution in [0, 0.1) is 11.8 Å². The van der Waals surface area contributed by atoms with Crippen molar-refractivity contribution in [3.05, 3.63) is 23.8 Å². The van der Waals surface area contributed by atoms with E-state index in [1.54, 1.807) is 13.2 Å². The fourth-order valence-electron chi connectivity index (χ4n) is 2.13. The first-order chi connectivity index (χ1) is 7.63. The number of ether oxygens (including phenoxy) is 2. The van der Waals surface area contributed by atoms with Crippen molar-refractivity contribution in [3.8, 4) is 11.5 Å². The van der Waals surface area contributed by atoms with Crippen molar-refractivity contribution in [2.45, 2.75) is 20.0 Å². The molecule has 3 heteroatoms. The van der Waals surface area contributed by atoms with Crippen molar-refractivity contribution in [1.29, 1.82) is 0 Å². The second-order valence-corrected chi connectivity index (χ2v) is 4.52.